The van der Waals surface area contributed by atoms with Crippen LogP contribution in [-0.2, 0) is 9.53 Å². The fourth-order valence-corrected chi connectivity index (χ4v) is 2.69. The smallest absolute Gasteiger partial charge is 0.349 e. The van der Waals surface area contributed by atoms with Crippen molar-refractivity contribution in [1.82, 2.24) is 10.2 Å². The van der Waals surface area contributed by atoms with Gasteiger partial charge in [-0.05, 0) is 51.5 Å². The molecule has 26 heavy (non-hydrogen) atoms. The van der Waals surface area contributed by atoms with E-state index in [0.717, 1.165) is 17.7 Å². The monoisotopic (exact) mass is 364 g/mol. The standard InChI is InChI=1S/C19H28N2O5/c1-6-24-17(22)19(3,4)26-16-8-7-15(11-13(16)2)25-10-9-14-12-20-18(23)21(14)5/h7-8,11,14H,6,9-10,12H2,1-5H3,(H,20,23). The molecule has 0 saturated carbocycles. The maximum atomic E-state index is 12.0. The zero-order valence-electron chi connectivity index (χ0n) is 16.1. The van der Waals surface area contributed by atoms with Crippen LogP contribution in [0.5, 0.6) is 11.5 Å². The first-order valence-corrected chi connectivity index (χ1v) is 8.85. The van der Waals surface area contributed by atoms with Crippen LogP contribution < -0.4 is 14.8 Å². The first-order valence-electron chi connectivity index (χ1n) is 8.85. The highest BCUT2D eigenvalue weighted by molar-refractivity contribution is 5.79. The number of benzene rings is 1. The molecule has 1 N–H and O–H groups in total. The third-order valence-corrected chi connectivity index (χ3v) is 4.36. The predicted octanol–water partition coefficient (Wildman–Crippen LogP) is 2.51. The number of likely N-dealkylation sites (N-methyl/N-ethyl adjacent to an activating group) is 1. The Balaban J connectivity index is 1.90. The summed E-state index contributed by atoms with van der Waals surface area (Å²) in [6, 6.07) is 5.58. The first kappa shape index (κ1) is 19.9. The molecule has 1 heterocycles. The lowest BCUT2D eigenvalue weighted by Crippen LogP contribution is -2.39. The van der Waals surface area contributed by atoms with Crippen molar-refractivity contribution in [3.63, 3.8) is 0 Å². The van der Waals surface area contributed by atoms with Crippen LogP contribution in [0.2, 0.25) is 0 Å². The molecular weight excluding hydrogens is 336 g/mol. The zero-order valence-corrected chi connectivity index (χ0v) is 16.1. The molecule has 0 aromatic heterocycles. The normalized spacial score (nSPS) is 17.0. The van der Waals surface area contributed by atoms with E-state index in [9.17, 15) is 9.59 Å². The summed E-state index contributed by atoms with van der Waals surface area (Å²) in [5, 5.41) is 2.80. The van der Waals surface area contributed by atoms with Gasteiger partial charge in [0.1, 0.15) is 11.5 Å². The fourth-order valence-electron chi connectivity index (χ4n) is 2.69. The topological polar surface area (TPSA) is 77.1 Å². The molecule has 1 aliphatic rings. The number of hydrogen-bond donors (Lipinski definition) is 1. The Morgan fingerprint density at radius 1 is 1.38 bits per heavy atom. The summed E-state index contributed by atoms with van der Waals surface area (Å²) in [6.07, 6.45) is 0.752. The van der Waals surface area contributed by atoms with Gasteiger partial charge in [0.2, 0.25) is 0 Å². The van der Waals surface area contributed by atoms with Crippen molar-refractivity contribution < 1.29 is 23.8 Å². The average Bonchev–Trinajstić information content (AvgIpc) is 2.89. The number of rotatable bonds is 8. The van der Waals surface area contributed by atoms with Crippen molar-refractivity contribution in [2.45, 2.75) is 45.8 Å². The van der Waals surface area contributed by atoms with E-state index in [1.807, 2.05) is 19.1 Å². The minimum absolute atomic E-state index is 0.0449. The van der Waals surface area contributed by atoms with Crippen molar-refractivity contribution in [2.24, 2.45) is 0 Å². The van der Waals surface area contributed by atoms with Gasteiger partial charge in [0, 0.05) is 20.0 Å². The molecule has 7 nitrogen and oxygen atoms in total. The molecule has 1 aromatic rings. The van der Waals surface area contributed by atoms with Gasteiger partial charge in [0.25, 0.3) is 0 Å². The number of hydrogen-bond acceptors (Lipinski definition) is 5. The van der Waals surface area contributed by atoms with Gasteiger partial charge < -0.3 is 24.4 Å². The molecule has 2 rings (SSSR count). The van der Waals surface area contributed by atoms with Gasteiger partial charge in [-0.2, -0.15) is 0 Å². The maximum Gasteiger partial charge on any atom is 0.349 e. The highest BCUT2D eigenvalue weighted by Crippen LogP contribution is 2.27. The van der Waals surface area contributed by atoms with E-state index in [-0.39, 0.29) is 12.1 Å². The maximum absolute atomic E-state index is 12.0. The summed E-state index contributed by atoms with van der Waals surface area (Å²) in [5.74, 6) is 0.938. The average molecular weight is 364 g/mol. The Labute approximate surface area is 154 Å². The highest BCUT2D eigenvalue weighted by Gasteiger charge is 2.32. The second-order valence-electron chi connectivity index (χ2n) is 6.85. The number of carbonyl (C=O) groups excluding carboxylic acids is 2. The fraction of sp³-hybridized carbons (Fsp3) is 0.579. The second kappa shape index (κ2) is 8.29. The number of urea groups is 1. The van der Waals surface area contributed by atoms with Crippen LogP contribution in [0, 0.1) is 6.92 Å². The summed E-state index contributed by atoms with van der Waals surface area (Å²) < 4.78 is 16.7. The molecule has 1 saturated heterocycles. The summed E-state index contributed by atoms with van der Waals surface area (Å²) in [6.45, 7) is 8.50. The second-order valence-corrected chi connectivity index (χ2v) is 6.85. The van der Waals surface area contributed by atoms with Crippen LogP contribution in [0.4, 0.5) is 4.79 Å². The van der Waals surface area contributed by atoms with Gasteiger partial charge in [0.05, 0.1) is 19.3 Å². The van der Waals surface area contributed by atoms with Gasteiger partial charge in [0.15, 0.2) is 5.60 Å². The SMILES string of the molecule is CCOC(=O)C(C)(C)Oc1ccc(OCCC2CNC(=O)N2C)cc1C. The van der Waals surface area contributed by atoms with Gasteiger partial charge in [-0.25, -0.2) is 9.59 Å². The number of ether oxygens (including phenoxy) is 3. The number of amides is 2. The van der Waals surface area contributed by atoms with Crippen molar-refractivity contribution in [3.05, 3.63) is 23.8 Å². The molecule has 0 bridgehead atoms. The Morgan fingerprint density at radius 3 is 2.69 bits per heavy atom. The van der Waals surface area contributed by atoms with E-state index in [2.05, 4.69) is 5.32 Å². The molecule has 144 valence electrons. The first-order chi connectivity index (χ1) is 12.2. The highest BCUT2D eigenvalue weighted by atomic mass is 16.6. The van der Waals surface area contributed by atoms with E-state index >= 15 is 0 Å². The molecule has 1 unspecified atom stereocenters. The lowest BCUT2D eigenvalue weighted by molar-refractivity contribution is -0.158. The largest absolute Gasteiger partial charge is 0.494 e. The Kier molecular flexibility index (Phi) is 6.34. The number of aryl methyl sites for hydroxylation is 1. The van der Waals surface area contributed by atoms with Gasteiger partial charge >= 0.3 is 12.0 Å². The third kappa shape index (κ3) is 4.80. The van der Waals surface area contributed by atoms with Crippen LogP contribution in [0.25, 0.3) is 0 Å². The molecule has 1 fully saturated rings. The predicted molar refractivity (Wildman–Crippen MR) is 97.6 cm³/mol. The quantitative estimate of drug-likeness (QED) is 0.717. The van der Waals surface area contributed by atoms with Crippen molar-refractivity contribution >= 4 is 12.0 Å². The lowest BCUT2D eigenvalue weighted by atomic mass is 10.1. The Bertz CT molecular complexity index is 659. The van der Waals surface area contributed by atoms with E-state index in [1.54, 1.807) is 38.8 Å². The van der Waals surface area contributed by atoms with Crippen molar-refractivity contribution in [1.29, 1.82) is 0 Å². The van der Waals surface area contributed by atoms with Crippen molar-refractivity contribution in [3.8, 4) is 11.5 Å². The van der Waals surface area contributed by atoms with Crippen LogP contribution in [0.3, 0.4) is 0 Å². The lowest BCUT2D eigenvalue weighted by Gasteiger charge is -2.25. The number of nitrogens with one attached hydrogen (secondary N) is 1. The van der Waals surface area contributed by atoms with Crippen LogP contribution in [0.15, 0.2) is 18.2 Å². The molecule has 0 spiro atoms. The minimum Gasteiger partial charge on any atom is -0.494 e. The van der Waals surface area contributed by atoms with Crippen molar-refractivity contribution in [2.75, 3.05) is 26.8 Å². The van der Waals surface area contributed by atoms with Gasteiger partial charge in [-0.3, -0.25) is 0 Å². The molecule has 1 aliphatic heterocycles. The van der Waals surface area contributed by atoms with Gasteiger partial charge in [-0.15, -0.1) is 0 Å². The van der Waals surface area contributed by atoms with Crippen LogP contribution in [-0.4, -0.2) is 55.3 Å². The molecule has 0 aliphatic carbocycles. The number of nitrogens with zero attached hydrogens (tertiary/aromatic N) is 1. The molecule has 2 amide bonds. The molecule has 1 atom stereocenters. The van der Waals surface area contributed by atoms with E-state index in [1.165, 1.54) is 0 Å². The summed E-state index contributed by atoms with van der Waals surface area (Å²) in [5.41, 5.74) is -0.190. The summed E-state index contributed by atoms with van der Waals surface area (Å²) in [7, 11) is 1.79. The van der Waals surface area contributed by atoms with Crippen LogP contribution >= 0.6 is 0 Å². The minimum atomic E-state index is -1.06. The third-order valence-electron chi connectivity index (χ3n) is 4.36. The van der Waals surface area contributed by atoms with E-state index in [0.29, 0.717) is 25.5 Å². The Morgan fingerprint density at radius 2 is 2.12 bits per heavy atom. The summed E-state index contributed by atoms with van der Waals surface area (Å²) >= 11 is 0. The molecule has 0 radical (unpaired) electrons. The number of carbonyl (C=O) groups is 2. The molecule has 1 aromatic carbocycles. The number of esters is 1. The summed E-state index contributed by atoms with van der Waals surface area (Å²) in [4.78, 5) is 25.1. The van der Waals surface area contributed by atoms with E-state index in [4.69, 9.17) is 14.2 Å². The molecule has 7 heteroatoms. The van der Waals surface area contributed by atoms with Crippen LogP contribution in [0.1, 0.15) is 32.8 Å². The van der Waals surface area contributed by atoms with Gasteiger partial charge in [-0.1, -0.05) is 0 Å². The zero-order chi connectivity index (χ0) is 19.3. The Hall–Kier alpha value is -2.44. The van der Waals surface area contributed by atoms with E-state index < -0.39 is 11.6 Å². The molecular formula is C19H28N2O5.